The molecule has 0 fully saturated rings. The van der Waals surface area contributed by atoms with Gasteiger partial charge in [0.05, 0.1) is 19.8 Å². The highest BCUT2D eigenvalue weighted by Gasteiger charge is 2.13. The molecule has 2 aromatic rings. The third-order valence-corrected chi connectivity index (χ3v) is 2.94. The minimum atomic E-state index is -0.623. The number of carbonyl (C=O) groups excluding carboxylic acids is 3. The molecule has 0 saturated heterocycles. The van der Waals surface area contributed by atoms with Gasteiger partial charge in [0.2, 0.25) is 0 Å². The fraction of sp³-hybridized carbons (Fsp3) is 0.125. The number of esters is 2. The summed E-state index contributed by atoms with van der Waals surface area (Å²) in [6.45, 7) is 0. The molecule has 0 radical (unpaired) electrons. The Balaban J connectivity index is 2.13. The van der Waals surface area contributed by atoms with Crippen molar-refractivity contribution in [1.29, 1.82) is 0 Å². The van der Waals surface area contributed by atoms with Gasteiger partial charge in [0.15, 0.2) is 0 Å². The second-order valence-electron chi connectivity index (χ2n) is 4.42. The number of rotatable bonds is 4. The van der Waals surface area contributed by atoms with Crippen LogP contribution in [0.4, 0.5) is 5.69 Å². The third kappa shape index (κ3) is 3.91. The van der Waals surface area contributed by atoms with E-state index in [1.165, 1.54) is 44.6 Å². The van der Waals surface area contributed by atoms with Crippen molar-refractivity contribution in [1.82, 2.24) is 4.98 Å². The first-order chi connectivity index (χ1) is 11.0. The molecule has 1 aromatic carbocycles. The predicted molar refractivity (Wildman–Crippen MR) is 81.3 cm³/mol. The summed E-state index contributed by atoms with van der Waals surface area (Å²) in [7, 11) is 2.53. The monoisotopic (exact) mass is 314 g/mol. The molecule has 2 rings (SSSR count). The van der Waals surface area contributed by atoms with Crippen molar-refractivity contribution in [2.75, 3.05) is 19.5 Å². The Morgan fingerprint density at radius 3 is 2.09 bits per heavy atom. The number of ether oxygens (including phenoxy) is 2. The van der Waals surface area contributed by atoms with E-state index in [-0.39, 0.29) is 11.4 Å². The number of carbonyl (C=O) groups is 3. The van der Waals surface area contributed by atoms with E-state index in [2.05, 4.69) is 19.8 Å². The SMILES string of the molecule is COC(=O)c1ccc(NC(=O)c2cccc(C(=O)OC)n2)cc1. The molecule has 7 nitrogen and oxygen atoms in total. The molecule has 0 bridgehead atoms. The van der Waals surface area contributed by atoms with Gasteiger partial charge in [-0.2, -0.15) is 0 Å². The molecule has 0 spiro atoms. The highest BCUT2D eigenvalue weighted by Crippen LogP contribution is 2.12. The minimum Gasteiger partial charge on any atom is -0.465 e. The zero-order valence-electron chi connectivity index (χ0n) is 12.5. The lowest BCUT2D eigenvalue weighted by Gasteiger charge is -2.06. The molecule has 1 aromatic heterocycles. The lowest BCUT2D eigenvalue weighted by atomic mass is 10.2. The van der Waals surface area contributed by atoms with Gasteiger partial charge in [-0.3, -0.25) is 4.79 Å². The summed E-state index contributed by atoms with van der Waals surface area (Å²) >= 11 is 0. The smallest absolute Gasteiger partial charge is 0.356 e. The molecule has 0 atom stereocenters. The quantitative estimate of drug-likeness (QED) is 0.866. The fourth-order valence-electron chi connectivity index (χ4n) is 1.78. The van der Waals surface area contributed by atoms with Gasteiger partial charge in [-0.15, -0.1) is 0 Å². The van der Waals surface area contributed by atoms with Crippen LogP contribution in [0.3, 0.4) is 0 Å². The lowest BCUT2D eigenvalue weighted by Crippen LogP contribution is -2.16. The maximum absolute atomic E-state index is 12.1. The Kier molecular flexibility index (Phi) is 5.03. The number of nitrogens with one attached hydrogen (secondary N) is 1. The first-order valence-electron chi connectivity index (χ1n) is 6.60. The van der Waals surface area contributed by atoms with E-state index in [1.807, 2.05) is 0 Å². The molecular weight excluding hydrogens is 300 g/mol. The first-order valence-corrected chi connectivity index (χ1v) is 6.60. The fourth-order valence-corrected chi connectivity index (χ4v) is 1.78. The Morgan fingerprint density at radius 1 is 0.870 bits per heavy atom. The zero-order chi connectivity index (χ0) is 16.8. The van der Waals surface area contributed by atoms with Gasteiger partial charge in [-0.05, 0) is 36.4 Å². The number of aromatic nitrogens is 1. The van der Waals surface area contributed by atoms with Crippen molar-refractivity contribution in [2.45, 2.75) is 0 Å². The molecule has 118 valence electrons. The molecular formula is C16H14N2O5. The largest absolute Gasteiger partial charge is 0.465 e. The molecule has 0 aliphatic carbocycles. The second kappa shape index (κ2) is 7.17. The summed E-state index contributed by atoms with van der Waals surface area (Å²) in [4.78, 5) is 38.8. The van der Waals surface area contributed by atoms with E-state index in [0.29, 0.717) is 11.3 Å². The van der Waals surface area contributed by atoms with E-state index in [1.54, 1.807) is 12.1 Å². The molecule has 1 N–H and O–H groups in total. The van der Waals surface area contributed by atoms with E-state index >= 15 is 0 Å². The zero-order valence-corrected chi connectivity index (χ0v) is 12.5. The average molecular weight is 314 g/mol. The van der Waals surface area contributed by atoms with Crippen LogP contribution in [0, 0.1) is 0 Å². The molecule has 7 heteroatoms. The van der Waals surface area contributed by atoms with Crippen LogP contribution in [0.5, 0.6) is 0 Å². The summed E-state index contributed by atoms with van der Waals surface area (Å²) in [5.41, 5.74) is 0.968. The van der Waals surface area contributed by atoms with Crippen molar-refractivity contribution >= 4 is 23.5 Å². The summed E-state index contributed by atoms with van der Waals surface area (Å²) < 4.78 is 9.15. The normalized spacial score (nSPS) is 9.83. The predicted octanol–water partition coefficient (Wildman–Crippen LogP) is 1.91. The summed E-state index contributed by atoms with van der Waals surface area (Å²) in [5, 5.41) is 2.62. The van der Waals surface area contributed by atoms with Gasteiger partial charge < -0.3 is 14.8 Å². The van der Waals surface area contributed by atoms with Crippen LogP contribution in [0.25, 0.3) is 0 Å². The molecule has 0 unspecified atom stereocenters. The highest BCUT2D eigenvalue weighted by molar-refractivity contribution is 6.03. The van der Waals surface area contributed by atoms with Crippen LogP contribution < -0.4 is 5.32 Å². The van der Waals surface area contributed by atoms with Gasteiger partial charge >= 0.3 is 11.9 Å². The highest BCUT2D eigenvalue weighted by atomic mass is 16.5. The van der Waals surface area contributed by atoms with Crippen LogP contribution in [-0.2, 0) is 9.47 Å². The van der Waals surface area contributed by atoms with Gasteiger partial charge in [-0.25, -0.2) is 14.6 Å². The second-order valence-corrected chi connectivity index (χ2v) is 4.42. The number of methoxy groups -OCH3 is 2. The van der Waals surface area contributed by atoms with Crippen molar-refractivity contribution in [3.05, 3.63) is 59.4 Å². The maximum Gasteiger partial charge on any atom is 0.356 e. The average Bonchev–Trinajstić information content (AvgIpc) is 2.61. The first kappa shape index (κ1) is 16.2. The van der Waals surface area contributed by atoms with E-state index < -0.39 is 17.8 Å². The van der Waals surface area contributed by atoms with Crippen molar-refractivity contribution in [3.8, 4) is 0 Å². The van der Waals surface area contributed by atoms with Crippen molar-refractivity contribution in [2.24, 2.45) is 0 Å². The topological polar surface area (TPSA) is 94.6 Å². The Labute approximate surface area is 132 Å². The third-order valence-electron chi connectivity index (χ3n) is 2.94. The van der Waals surface area contributed by atoms with Crippen LogP contribution in [0.15, 0.2) is 42.5 Å². The maximum atomic E-state index is 12.1. The Hall–Kier alpha value is -3.22. The molecule has 1 heterocycles. The van der Waals surface area contributed by atoms with E-state index in [9.17, 15) is 14.4 Å². The number of nitrogens with zero attached hydrogens (tertiary/aromatic N) is 1. The van der Waals surface area contributed by atoms with Crippen molar-refractivity contribution < 1.29 is 23.9 Å². The van der Waals surface area contributed by atoms with Crippen LogP contribution in [-0.4, -0.2) is 37.0 Å². The molecule has 0 aliphatic rings. The van der Waals surface area contributed by atoms with Gasteiger partial charge in [0, 0.05) is 5.69 Å². The number of anilines is 1. The van der Waals surface area contributed by atoms with Gasteiger partial charge in [0.25, 0.3) is 5.91 Å². The number of pyridine rings is 1. The van der Waals surface area contributed by atoms with Gasteiger partial charge in [-0.1, -0.05) is 6.07 Å². The Morgan fingerprint density at radius 2 is 1.48 bits per heavy atom. The molecule has 23 heavy (non-hydrogen) atoms. The number of hydrogen-bond acceptors (Lipinski definition) is 6. The minimum absolute atomic E-state index is 0.0428. The van der Waals surface area contributed by atoms with Crippen LogP contribution in [0.1, 0.15) is 31.3 Å². The summed E-state index contributed by atoms with van der Waals surface area (Å²) in [6, 6.07) is 10.6. The summed E-state index contributed by atoms with van der Waals surface area (Å²) in [5.74, 6) is -1.57. The van der Waals surface area contributed by atoms with Crippen LogP contribution in [0.2, 0.25) is 0 Å². The molecule has 0 saturated carbocycles. The van der Waals surface area contributed by atoms with E-state index in [4.69, 9.17) is 0 Å². The van der Waals surface area contributed by atoms with Crippen LogP contribution >= 0.6 is 0 Å². The molecule has 0 aliphatic heterocycles. The van der Waals surface area contributed by atoms with Crippen molar-refractivity contribution in [3.63, 3.8) is 0 Å². The summed E-state index contributed by atoms with van der Waals surface area (Å²) in [6.07, 6.45) is 0. The van der Waals surface area contributed by atoms with Gasteiger partial charge in [0.1, 0.15) is 11.4 Å². The molecule has 1 amide bonds. The number of hydrogen-bond donors (Lipinski definition) is 1. The number of amides is 1. The standard InChI is InChI=1S/C16H14N2O5/c1-22-15(20)10-6-8-11(9-7-10)17-14(19)12-4-3-5-13(18-12)16(21)23-2/h3-9H,1-2H3,(H,17,19). The Bertz CT molecular complexity index is 740. The van der Waals surface area contributed by atoms with E-state index in [0.717, 1.165) is 0 Å². The lowest BCUT2D eigenvalue weighted by molar-refractivity contribution is 0.0588. The number of benzene rings is 1.